The van der Waals surface area contributed by atoms with Gasteiger partial charge in [0.1, 0.15) is 11.6 Å². The molecule has 0 saturated carbocycles. The van der Waals surface area contributed by atoms with Crippen molar-refractivity contribution in [1.29, 1.82) is 5.26 Å². The van der Waals surface area contributed by atoms with E-state index in [2.05, 4.69) is 10.2 Å². The first-order valence-corrected chi connectivity index (χ1v) is 10.5. The molecule has 170 valence electrons. The van der Waals surface area contributed by atoms with Gasteiger partial charge in [-0.2, -0.15) is 5.26 Å². The Hall–Kier alpha value is -4.71. The molecule has 0 atom stereocenters. The standard InChI is InChI=1S/C25H22N6O3/c1-16-20(14-26)23(32)30(15-18-10-6-4-7-11-18)24(33)21(16)27-28-22-17(2)29(3)31(25(22)34)19-12-8-5-9-13-19/h4-13,32H,15H2,1-3H3. The van der Waals surface area contributed by atoms with Gasteiger partial charge in [-0.1, -0.05) is 48.5 Å². The van der Waals surface area contributed by atoms with E-state index in [4.69, 9.17) is 0 Å². The molecule has 0 bridgehead atoms. The lowest BCUT2D eigenvalue weighted by Gasteiger charge is -2.13. The molecule has 2 heterocycles. The first kappa shape index (κ1) is 22.5. The highest BCUT2D eigenvalue weighted by molar-refractivity contribution is 5.57. The fraction of sp³-hybridized carbons (Fsp3) is 0.160. The average molecular weight is 454 g/mol. The minimum absolute atomic E-state index is 0.0498. The summed E-state index contributed by atoms with van der Waals surface area (Å²) < 4.78 is 4.20. The largest absolute Gasteiger partial charge is 0.493 e. The Bertz CT molecular complexity index is 1560. The van der Waals surface area contributed by atoms with E-state index < -0.39 is 17.0 Å². The minimum atomic E-state index is -0.612. The maximum atomic E-state index is 13.2. The molecule has 2 aromatic carbocycles. The van der Waals surface area contributed by atoms with Crippen molar-refractivity contribution in [1.82, 2.24) is 13.9 Å². The van der Waals surface area contributed by atoms with Crippen LogP contribution in [0.1, 0.15) is 22.4 Å². The molecule has 0 saturated heterocycles. The van der Waals surface area contributed by atoms with Crippen LogP contribution >= 0.6 is 0 Å². The molecule has 0 aliphatic heterocycles. The fourth-order valence-electron chi connectivity index (χ4n) is 3.74. The summed E-state index contributed by atoms with van der Waals surface area (Å²) in [5.74, 6) is -0.435. The summed E-state index contributed by atoms with van der Waals surface area (Å²) in [5, 5.41) is 28.4. The highest BCUT2D eigenvalue weighted by Gasteiger charge is 2.21. The van der Waals surface area contributed by atoms with Crippen molar-refractivity contribution in [2.24, 2.45) is 17.3 Å². The summed E-state index contributed by atoms with van der Waals surface area (Å²) in [6.45, 7) is 3.29. The Morgan fingerprint density at radius 3 is 2.12 bits per heavy atom. The van der Waals surface area contributed by atoms with E-state index in [0.29, 0.717) is 11.4 Å². The van der Waals surface area contributed by atoms with Crippen molar-refractivity contribution >= 4 is 11.4 Å². The number of azo groups is 1. The lowest BCUT2D eigenvalue weighted by Crippen LogP contribution is -2.22. The Balaban J connectivity index is 1.85. The molecular formula is C25H22N6O3. The van der Waals surface area contributed by atoms with Gasteiger partial charge in [-0.3, -0.25) is 18.8 Å². The van der Waals surface area contributed by atoms with E-state index in [1.54, 1.807) is 42.9 Å². The molecule has 0 fully saturated rings. The van der Waals surface area contributed by atoms with Crippen LogP contribution in [-0.2, 0) is 13.6 Å². The Labute approximate surface area is 195 Å². The van der Waals surface area contributed by atoms with Gasteiger partial charge >= 0.3 is 0 Å². The molecule has 0 aliphatic rings. The number of aromatic hydroxyl groups is 1. The minimum Gasteiger partial charge on any atom is -0.493 e. The maximum Gasteiger partial charge on any atom is 0.299 e. The van der Waals surface area contributed by atoms with E-state index in [1.807, 2.05) is 42.5 Å². The number of para-hydroxylation sites is 1. The molecule has 9 heteroatoms. The maximum absolute atomic E-state index is 13.2. The van der Waals surface area contributed by atoms with Crippen LogP contribution in [0.25, 0.3) is 5.69 Å². The molecule has 9 nitrogen and oxygen atoms in total. The normalized spacial score (nSPS) is 11.1. The second-order valence-electron chi connectivity index (χ2n) is 7.77. The number of nitrogens with zero attached hydrogens (tertiary/aromatic N) is 6. The first-order chi connectivity index (χ1) is 16.3. The summed E-state index contributed by atoms with van der Waals surface area (Å²) >= 11 is 0. The van der Waals surface area contributed by atoms with Gasteiger partial charge in [-0.05, 0) is 31.5 Å². The van der Waals surface area contributed by atoms with Crippen LogP contribution in [0.4, 0.5) is 11.4 Å². The molecular weight excluding hydrogens is 432 g/mol. The topological polar surface area (TPSA) is 118 Å². The van der Waals surface area contributed by atoms with Crippen molar-refractivity contribution in [3.05, 3.63) is 104 Å². The van der Waals surface area contributed by atoms with Crippen LogP contribution in [0, 0.1) is 25.2 Å². The van der Waals surface area contributed by atoms with Gasteiger partial charge in [0.2, 0.25) is 5.88 Å². The molecule has 0 amide bonds. The summed E-state index contributed by atoms with van der Waals surface area (Å²) in [7, 11) is 1.73. The highest BCUT2D eigenvalue weighted by atomic mass is 16.3. The van der Waals surface area contributed by atoms with E-state index in [-0.39, 0.29) is 29.0 Å². The van der Waals surface area contributed by atoms with Crippen molar-refractivity contribution in [3.63, 3.8) is 0 Å². The first-order valence-electron chi connectivity index (χ1n) is 10.5. The average Bonchev–Trinajstić information content (AvgIpc) is 3.06. The zero-order valence-electron chi connectivity index (χ0n) is 18.9. The third-order valence-corrected chi connectivity index (χ3v) is 5.73. The van der Waals surface area contributed by atoms with Gasteiger partial charge in [0, 0.05) is 12.6 Å². The van der Waals surface area contributed by atoms with E-state index in [1.165, 1.54) is 11.6 Å². The number of benzene rings is 2. The lowest BCUT2D eigenvalue weighted by molar-refractivity contribution is 0.412. The molecule has 4 aromatic rings. The quantitative estimate of drug-likeness (QED) is 0.459. The van der Waals surface area contributed by atoms with Crippen LogP contribution in [0.5, 0.6) is 5.88 Å². The zero-order valence-corrected chi connectivity index (χ0v) is 18.9. The van der Waals surface area contributed by atoms with E-state index in [9.17, 15) is 20.0 Å². The number of rotatable bonds is 5. The van der Waals surface area contributed by atoms with E-state index in [0.717, 1.165) is 10.1 Å². The molecule has 4 rings (SSSR count). The lowest BCUT2D eigenvalue weighted by atomic mass is 10.1. The number of pyridine rings is 1. The second-order valence-corrected chi connectivity index (χ2v) is 7.77. The summed E-state index contributed by atoms with van der Waals surface area (Å²) in [4.78, 5) is 26.3. The van der Waals surface area contributed by atoms with Gasteiger partial charge in [0.15, 0.2) is 11.4 Å². The van der Waals surface area contributed by atoms with Crippen LogP contribution < -0.4 is 11.1 Å². The molecule has 0 spiro atoms. The number of hydrogen-bond acceptors (Lipinski definition) is 6. The molecule has 0 aliphatic carbocycles. The highest BCUT2D eigenvalue weighted by Crippen LogP contribution is 2.27. The monoisotopic (exact) mass is 454 g/mol. The van der Waals surface area contributed by atoms with Crippen molar-refractivity contribution in [2.45, 2.75) is 20.4 Å². The van der Waals surface area contributed by atoms with E-state index >= 15 is 0 Å². The van der Waals surface area contributed by atoms with Gasteiger partial charge in [0.25, 0.3) is 11.1 Å². The van der Waals surface area contributed by atoms with Crippen LogP contribution in [0.3, 0.4) is 0 Å². The van der Waals surface area contributed by atoms with Crippen LogP contribution in [0.15, 0.2) is 80.5 Å². The fourth-order valence-corrected chi connectivity index (χ4v) is 3.74. The zero-order chi connectivity index (χ0) is 24.4. The third kappa shape index (κ3) is 3.82. The Morgan fingerprint density at radius 1 is 0.912 bits per heavy atom. The van der Waals surface area contributed by atoms with Crippen LogP contribution in [0.2, 0.25) is 0 Å². The smallest absolute Gasteiger partial charge is 0.299 e. The molecule has 2 aromatic heterocycles. The molecule has 0 unspecified atom stereocenters. The van der Waals surface area contributed by atoms with Gasteiger partial charge in [-0.15, -0.1) is 10.2 Å². The van der Waals surface area contributed by atoms with Gasteiger partial charge in [0.05, 0.1) is 17.9 Å². The SMILES string of the molecule is Cc1c(C#N)c(O)n(Cc2ccccc2)c(=O)c1N=Nc1c(C)n(C)n(-c2ccccc2)c1=O. The predicted molar refractivity (Wildman–Crippen MR) is 127 cm³/mol. The Morgan fingerprint density at radius 2 is 1.50 bits per heavy atom. The summed E-state index contributed by atoms with van der Waals surface area (Å²) in [6.07, 6.45) is 0. The van der Waals surface area contributed by atoms with Gasteiger partial charge in [-0.25, -0.2) is 4.68 Å². The predicted octanol–water partition coefficient (Wildman–Crippen LogP) is 4.00. The van der Waals surface area contributed by atoms with Crippen molar-refractivity contribution in [2.75, 3.05) is 0 Å². The number of aromatic nitrogens is 3. The Kier molecular flexibility index (Phi) is 5.97. The second kappa shape index (κ2) is 9.03. The summed E-state index contributed by atoms with van der Waals surface area (Å²) in [6, 6.07) is 20.1. The third-order valence-electron chi connectivity index (χ3n) is 5.73. The van der Waals surface area contributed by atoms with Crippen LogP contribution in [-0.4, -0.2) is 19.0 Å². The molecule has 34 heavy (non-hydrogen) atoms. The summed E-state index contributed by atoms with van der Waals surface area (Å²) in [5.41, 5.74) is 1.06. The molecule has 0 radical (unpaired) electrons. The van der Waals surface area contributed by atoms with Crippen molar-refractivity contribution < 1.29 is 5.11 Å². The number of hydrogen-bond donors (Lipinski definition) is 1. The van der Waals surface area contributed by atoms with Crippen molar-refractivity contribution in [3.8, 4) is 17.6 Å². The van der Waals surface area contributed by atoms with Gasteiger partial charge < -0.3 is 5.11 Å². The number of nitriles is 1. The molecule has 1 N–H and O–H groups in total.